The fourth-order valence-corrected chi connectivity index (χ4v) is 5.75. The first kappa shape index (κ1) is 22.3. The van der Waals surface area contributed by atoms with Gasteiger partial charge in [0.15, 0.2) is 28.7 Å². The monoisotopic (exact) mass is 517 g/mol. The lowest BCUT2D eigenvalue weighted by Gasteiger charge is -2.18. The van der Waals surface area contributed by atoms with Gasteiger partial charge in [-0.2, -0.15) is 4.98 Å². The summed E-state index contributed by atoms with van der Waals surface area (Å²) in [5, 5.41) is 11.2. The molecule has 4 N–H and O–H groups in total. The van der Waals surface area contributed by atoms with Crippen molar-refractivity contribution in [2.75, 3.05) is 12.4 Å². The average Bonchev–Trinajstić information content (AvgIpc) is 3.53. The maximum atomic E-state index is 13.4. The van der Waals surface area contributed by atoms with Crippen LogP contribution in [-0.2, 0) is 23.1 Å². The number of nitrogens with two attached hydrogens (primary N) is 1. The zero-order chi connectivity index (χ0) is 24.3. The molecule has 2 saturated heterocycles. The molecule has 2 unspecified atom stereocenters. The van der Waals surface area contributed by atoms with Crippen molar-refractivity contribution in [3.63, 3.8) is 0 Å². The summed E-state index contributed by atoms with van der Waals surface area (Å²) in [6.07, 6.45) is -2.34. The number of nitrogens with one attached hydrogen (secondary N) is 1. The molecule has 1 aromatic carbocycles. The molecule has 0 radical (unpaired) electrons. The molecule has 35 heavy (non-hydrogen) atoms. The largest absolute Gasteiger partial charge is 0.697 e. The van der Waals surface area contributed by atoms with Crippen molar-refractivity contribution >= 4 is 42.9 Å². The summed E-state index contributed by atoms with van der Waals surface area (Å²) in [6.45, 7) is -0.0405. The Morgan fingerprint density at radius 2 is 2.11 bits per heavy atom. The molecule has 4 aromatic rings. The second-order valence-corrected chi connectivity index (χ2v) is 9.84. The van der Waals surface area contributed by atoms with Gasteiger partial charge in [0.2, 0.25) is 11.7 Å². The van der Waals surface area contributed by atoms with E-state index in [0.29, 0.717) is 5.69 Å². The summed E-state index contributed by atoms with van der Waals surface area (Å²) < 4.78 is 30.7. The van der Waals surface area contributed by atoms with Gasteiger partial charge in [0.05, 0.1) is 11.4 Å². The summed E-state index contributed by atoms with van der Waals surface area (Å²) >= 11 is 0.980. The Bertz CT molecular complexity index is 1540. The molecule has 0 aliphatic carbocycles. The van der Waals surface area contributed by atoms with Crippen molar-refractivity contribution in [2.24, 2.45) is 5.73 Å². The third kappa shape index (κ3) is 3.75. The number of imidazole rings is 2. The van der Waals surface area contributed by atoms with E-state index in [1.165, 1.54) is 8.97 Å². The van der Waals surface area contributed by atoms with Gasteiger partial charge in [-0.3, -0.25) is 14.2 Å². The highest BCUT2D eigenvalue weighted by Gasteiger charge is 2.55. The summed E-state index contributed by atoms with van der Waals surface area (Å²) in [6, 6.07) is 9.43. The third-order valence-electron chi connectivity index (χ3n) is 5.76. The first-order valence-corrected chi connectivity index (χ1v) is 12.6. The molecule has 2 aliphatic heterocycles. The quantitative estimate of drug-likeness (QED) is 0.255. The van der Waals surface area contributed by atoms with Gasteiger partial charge >= 0.3 is 8.25 Å². The molecule has 3 aromatic heterocycles. The zero-order valence-electron chi connectivity index (χ0n) is 17.8. The van der Waals surface area contributed by atoms with E-state index in [-0.39, 0.29) is 34.5 Å². The Hall–Kier alpha value is -3.13. The first-order valence-electron chi connectivity index (χ1n) is 10.5. The van der Waals surface area contributed by atoms with Crippen LogP contribution >= 0.6 is 20.0 Å². The lowest BCUT2D eigenvalue weighted by atomic mass is 10.1. The number of fused-ring (bicyclic) bond motifs is 3. The van der Waals surface area contributed by atoms with Crippen LogP contribution in [0.1, 0.15) is 6.23 Å². The third-order valence-corrected chi connectivity index (χ3v) is 7.51. The van der Waals surface area contributed by atoms with Gasteiger partial charge in [-0.25, -0.2) is 9.38 Å². The molecular formula is C20H18N6O7PS+. The molecule has 5 heterocycles. The van der Waals surface area contributed by atoms with Gasteiger partial charge in [-0.15, -0.1) is 9.05 Å². The van der Waals surface area contributed by atoms with Gasteiger partial charge < -0.3 is 20.6 Å². The summed E-state index contributed by atoms with van der Waals surface area (Å²) in [4.78, 5) is 37.0. The van der Waals surface area contributed by atoms with Crippen LogP contribution in [0.15, 0.2) is 46.5 Å². The minimum Gasteiger partial charge on any atom is -0.385 e. The summed E-state index contributed by atoms with van der Waals surface area (Å²) in [7, 11) is -2.39. The molecule has 1 amide bonds. The van der Waals surface area contributed by atoms with E-state index in [9.17, 15) is 19.3 Å². The number of ether oxygens (including phenoxy) is 1. The number of thioether (sulfide) groups is 1. The van der Waals surface area contributed by atoms with Gasteiger partial charge in [-0.05, 0) is 5.56 Å². The number of carbonyl (C=O) groups is 1. The molecule has 0 spiro atoms. The Morgan fingerprint density at radius 1 is 1.31 bits per heavy atom. The van der Waals surface area contributed by atoms with Crippen molar-refractivity contribution in [3.05, 3.63) is 46.9 Å². The van der Waals surface area contributed by atoms with E-state index in [2.05, 4.69) is 15.0 Å². The predicted molar refractivity (Wildman–Crippen MR) is 123 cm³/mol. The van der Waals surface area contributed by atoms with Crippen LogP contribution in [-0.4, -0.2) is 65.6 Å². The molecule has 0 saturated carbocycles. The minimum absolute atomic E-state index is 0.0157. The van der Waals surface area contributed by atoms with Gasteiger partial charge in [0.25, 0.3) is 5.56 Å². The van der Waals surface area contributed by atoms with E-state index in [0.717, 1.165) is 17.3 Å². The number of H-pyrrole nitrogens is 1. The zero-order valence-corrected chi connectivity index (χ0v) is 19.5. The molecule has 180 valence electrons. The van der Waals surface area contributed by atoms with Crippen LogP contribution in [0.2, 0.25) is 0 Å². The van der Waals surface area contributed by atoms with E-state index >= 15 is 0 Å². The van der Waals surface area contributed by atoms with E-state index in [1.54, 1.807) is 6.20 Å². The molecule has 13 nitrogen and oxygen atoms in total. The Morgan fingerprint density at radius 3 is 2.89 bits per heavy atom. The highest BCUT2D eigenvalue weighted by molar-refractivity contribution is 7.99. The predicted octanol–water partition coefficient (Wildman–Crippen LogP) is 0.948. The molecule has 5 atom stereocenters. The highest BCUT2D eigenvalue weighted by atomic mass is 32.2. The van der Waals surface area contributed by atoms with Crippen LogP contribution < -0.4 is 11.3 Å². The molecule has 0 bridgehead atoms. The van der Waals surface area contributed by atoms with E-state index in [1.807, 2.05) is 30.3 Å². The van der Waals surface area contributed by atoms with Gasteiger partial charge in [-0.1, -0.05) is 42.1 Å². The number of rotatable bonds is 5. The number of hydrogen-bond acceptors (Lipinski definition) is 10. The number of aromatic amines is 1. The number of aromatic nitrogens is 5. The topological polar surface area (TPSA) is 176 Å². The molecule has 6 rings (SSSR count). The Labute approximate surface area is 201 Å². The van der Waals surface area contributed by atoms with Crippen LogP contribution in [0.3, 0.4) is 0 Å². The molecule has 2 aliphatic rings. The van der Waals surface area contributed by atoms with E-state index < -0.39 is 44.3 Å². The van der Waals surface area contributed by atoms with Crippen LogP contribution in [0, 0.1) is 0 Å². The number of hydrogen-bond donors (Lipinski definition) is 3. The number of amides is 1. The number of carbonyl (C=O) groups excluding carboxylic acids is 1. The maximum absolute atomic E-state index is 13.4. The maximum Gasteiger partial charge on any atom is 0.697 e. The standard InChI is InChI=1S/C20H17N6O7PS/c21-12(27)8-35-20-23-13-16(26(20)18-14(28)15-11(32-18)7-31-34(30)33-15)24-19-22-10(6-25(19)17(13)29)9-4-2-1-3-5-9/h1-6,11,14-15,18,28H,7-8H2,(H2-,21,22,24,27,29)/p+1/t11?,14-,15+,18+/m0/s1. The number of aliphatic hydroxyl groups excluding tert-OH is 1. The fourth-order valence-electron chi connectivity index (χ4n) is 4.20. The van der Waals surface area contributed by atoms with Crippen LogP contribution in [0.4, 0.5) is 0 Å². The van der Waals surface area contributed by atoms with Crippen molar-refractivity contribution in [1.82, 2.24) is 23.9 Å². The second kappa shape index (κ2) is 8.52. The Kier molecular flexibility index (Phi) is 5.44. The lowest BCUT2D eigenvalue weighted by Crippen LogP contribution is -2.37. The van der Waals surface area contributed by atoms with Gasteiger partial charge in [0, 0.05) is 10.8 Å². The van der Waals surface area contributed by atoms with Crippen molar-refractivity contribution in [3.8, 4) is 11.3 Å². The average molecular weight is 517 g/mol. The highest BCUT2D eigenvalue weighted by Crippen LogP contribution is 2.44. The second-order valence-electron chi connectivity index (χ2n) is 7.98. The first-order chi connectivity index (χ1) is 16.9. The van der Waals surface area contributed by atoms with Crippen LogP contribution in [0.5, 0.6) is 0 Å². The fraction of sp³-hybridized carbons (Fsp3) is 0.300. The Balaban J connectivity index is 1.51. The smallest absolute Gasteiger partial charge is 0.385 e. The normalized spacial score (nSPS) is 25.3. The van der Waals surface area contributed by atoms with Crippen LogP contribution in [0.25, 0.3) is 28.2 Å². The summed E-state index contributed by atoms with van der Waals surface area (Å²) in [5.41, 5.74) is 6.55. The molecular weight excluding hydrogens is 499 g/mol. The number of benzene rings is 1. The lowest BCUT2D eigenvalue weighted by molar-refractivity contribution is -0.115. The van der Waals surface area contributed by atoms with Crippen molar-refractivity contribution in [2.45, 2.75) is 29.7 Å². The summed E-state index contributed by atoms with van der Waals surface area (Å²) in [5.74, 6) is -0.461. The molecule has 15 heteroatoms. The minimum atomic E-state index is -2.39. The SMILES string of the molecule is NC(=O)CSc1nc2c(=O)n3cc(-c4ccccc4)[nH]c3nc2n1[C@@H]1OC2CO[P+](=O)O[C@H]2[C@@H]1O. The molecule has 2 fully saturated rings. The number of nitrogens with zero attached hydrogens (tertiary/aromatic N) is 4. The van der Waals surface area contributed by atoms with E-state index in [4.69, 9.17) is 19.5 Å². The number of aliphatic hydroxyl groups is 1. The number of primary amides is 1. The van der Waals surface area contributed by atoms with Crippen molar-refractivity contribution in [1.29, 1.82) is 0 Å². The van der Waals surface area contributed by atoms with Gasteiger partial charge in [0.1, 0.15) is 18.8 Å². The van der Waals surface area contributed by atoms with Crippen molar-refractivity contribution < 1.29 is 28.3 Å².